The van der Waals surface area contributed by atoms with E-state index in [1.807, 2.05) is 13.0 Å². The van der Waals surface area contributed by atoms with Crippen molar-refractivity contribution in [2.45, 2.75) is 52.1 Å². The first-order valence-corrected chi connectivity index (χ1v) is 11.4. The Kier molecular flexibility index (Phi) is 5.63. The van der Waals surface area contributed by atoms with Crippen molar-refractivity contribution in [2.75, 3.05) is 19.6 Å². The van der Waals surface area contributed by atoms with Crippen LogP contribution in [0.3, 0.4) is 0 Å². The van der Waals surface area contributed by atoms with Gasteiger partial charge in [-0.2, -0.15) is 0 Å². The van der Waals surface area contributed by atoms with Gasteiger partial charge in [0.1, 0.15) is 11.5 Å². The highest BCUT2D eigenvalue weighted by Crippen LogP contribution is 2.29. The third-order valence-electron chi connectivity index (χ3n) is 7.06. The van der Waals surface area contributed by atoms with Gasteiger partial charge in [-0.25, -0.2) is 9.37 Å². The number of benzene rings is 1. The molecule has 5 rings (SSSR count). The van der Waals surface area contributed by atoms with Gasteiger partial charge in [0, 0.05) is 41.5 Å². The van der Waals surface area contributed by atoms with Crippen molar-refractivity contribution >= 4 is 11.4 Å². The number of hydrogen-bond acceptors (Lipinski definition) is 6. The molecule has 1 N–H and O–H groups in total. The molecule has 0 saturated carbocycles. The molecule has 0 amide bonds. The Morgan fingerprint density at radius 2 is 2.06 bits per heavy atom. The van der Waals surface area contributed by atoms with Crippen LogP contribution in [0.4, 0.5) is 4.39 Å². The summed E-state index contributed by atoms with van der Waals surface area (Å²) in [5.74, 6) is 0.716. The average Bonchev–Trinajstić information content (AvgIpc) is 3.22. The standard InChI is InChI=1S/C24H28FN5O2/c1-15-19(24(31)30-9-2-3-21(28-32)23(30)27-15)8-12-29-10-6-16(7-11-29)22-20-5-4-18(25)13-17(20)14-26-22/h4-5,13,16,32H,2-3,6-12,14H2,1H3/b28-21+. The van der Waals surface area contributed by atoms with Crippen LogP contribution in [-0.2, 0) is 19.5 Å². The van der Waals surface area contributed by atoms with E-state index < -0.39 is 0 Å². The van der Waals surface area contributed by atoms with E-state index in [1.54, 1.807) is 10.6 Å². The van der Waals surface area contributed by atoms with E-state index in [1.165, 1.54) is 6.07 Å². The van der Waals surface area contributed by atoms with Crippen molar-refractivity contribution in [1.82, 2.24) is 14.5 Å². The molecule has 0 unspecified atom stereocenters. The Labute approximate surface area is 186 Å². The molecule has 32 heavy (non-hydrogen) atoms. The molecule has 7 nitrogen and oxygen atoms in total. The van der Waals surface area contributed by atoms with Crippen molar-refractivity contribution in [3.05, 3.63) is 62.6 Å². The summed E-state index contributed by atoms with van der Waals surface area (Å²) in [6.45, 7) is 5.80. The molecule has 8 heteroatoms. The highest BCUT2D eigenvalue weighted by molar-refractivity contribution is 6.05. The molecule has 4 heterocycles. The summed E-state index contributed by atoms with van der Waals surface area (Å²) in [6, 6.07) is 5.00. The summed E-state index contributed by atoms with van der Waals surface area (Å²) >= 11 is 0. The number of likely N-dealkylation sites (tertiary alicyclic amines) is 1. The van der Waals surface area contributed by atoms with Gasteiger partial charge in [-0.05, 0) is 75.9 Å². The molecule has 0 spiro atoms. The molecule has 1 saturated heterocycles. The Morgan fingerprint density at radius 1 is 1.25 bits per heavy atom. The smallest absolute Gasteiger partial charge is 0.257 e. The maximum atomic E-state index is 13.5. The van der Waals surface area contributed by atoms with Gasteiger partial charge in [0.25, 0.3) is 5.56 Å². The first-order valence-electron chi connectivity index (χ1n) is 11.4. The lowest BCUT2D eigenvalue weighted by Gasteiger charge is -2.32. The minimum Gasteiger partial charge on any atom is -0.411 e. The highest BCUT2D eigenvalue weighted by Gasteiger charge is 2.28. The quantitative estimate of drug-likeness (QED) is 0.589. The summed E-state index contributed by atoms with van der Waals surface area (Å²) in [7, 11) is 0. The van der Waals surface area contributed by atoms with Gasteiger partial charge in [-0.1, -0.05) is 5.16 Å². The Morgan fingerprint density at radius 3 is 2.84 bits per heavy atom. The average molecular weight is 438 g/mol. The Hall–Kier alpha value is -2.87. The topological polar surface area (TPSA) is 83.1 Å². The molecule has 2 aromatic rings. The molecule has 1 fully saturated rings. The second kappa shape index (κ2) is 8.58. The fraction of sp³-hybridized carbons (Fsp3) is 0.500. The first kappa shape index (κ1) is 21.0. The van der Waals surface area contributed by atoms with Crippen LogP contribution in [0.25, 0.3) is 0 Å². The van der Waals surface area contributed by atoms with Gasteiger partial charge in [-0.3, -0.25) is 14.4 Å². The van der Waals surface area contributed by atoms with Gasteiger partial charge >= 0.3 is 0 Å². The summed E-state index contributed by atoms with van der Waals surface area (Å²) < 4.78 is 15.2. The van der Waals surface area contributed by atoms with Crippen LogP contribution in [-0.4, -0.2) is 50.7 Å². The number of aliphatic imine (C=N–C) groups is 1. The minimum absolute atomic E-state index is 0.00705. The number of piperidine rings is 1. The summed E-state index contributed by atoms with van der Waals surface area (Å²) in [5.41, 5.74) is 5.20. The molecule has 1 aromatic carbocycles. The molecular weight excluding hydrogens is 409 g/mol. The number of oxime groups is 1. The van der Waals surface area contributed by atoms with Gasteiger partial charge in [0.05, 0.1) is 6.54 Å². The van der Waals surface area contributed by atoms with Crippen molar-refractivity contribution in [3.8, 4) is 0 Å². The van der Waals surface area contributed by atoms with E-state index in [0.717, 1.165) is 67.0 Å². The number of rotatable bonds is 4. The molecule has 3 aliphatic rings. The fourth-order valence-electron chi connectivity index (χ4n) is 5.27. The largest absolute Gasteiger partial charge is 0.411 e. The Balaban J connectivity index is 1.23. The van der Waals surface area contributed by atoms with Crippen LogP contribution in [0.1, 0.15) is 53.9 Å². The lowest BCUT2D eigenvalue weighted by atomic mass is 9.87. The molecule has 0 atom stereocenters. The van der Waals surface area contributed by atoms with Crippen LogP contribution in [0.2, 0.25) is 0 Å². The second-order valence-electron chi connectivity index (χ2n) is 8.98. The first-order chi connectivity index (χ1) is 15.5. The molecule has 1 aromatic heterocycles. The number of aryl methyl sites for hydroxylation is 1. The van der Waals surface area contributed by atoms with Crippen molar-refractivity contribution in [1.29, 1.82) is 0 Å². The lowest BCUT2D eigenvalue weighted by molar-refractivity contribution is 0.211. The van der Waals surface area contributed by atoms with Crippen LogP contribution in [0.5, 0.6) is 0 Å². The minimum atomic E-state index is -0.197. The van der Waals surface area contributed by atoms with E-state index in [-0.39, 0.29) is 11.4 Å². The zero-order valence-electron chi connectivity index (χ0n) is 18.3. The number of hydrogen-bond donors (Lipinski definition) is 1. The number of aromatic nitrogens is 2. The predicted molar refractivity (Wildman–Crippen MR) is 120 cm³/mol. The van der Waals surface area contributed by atoms with Crippen LogP contribution in [0.15, 0.2) is 33.1 Å². The van der Waals surface area contributed by atoms with Gasteiger partial charge < -0.3 is 10.1 Å². The van der Waals surface area contributed by atoms with Crippen molar-refractivity contribution < 1.29 is 9.60 Å². The van der Waals surface area contributed by atoms with E-state index >= 15 is 0 Å². The van der Waals surface area contributed by atoms with E-state index in [4.69, 9.17) is 4.99 Å². The fourth-order valence-corrected chi connectivity index (χ4v) is 5.27. The number of fused-ring (bicyclic) bond motifs is 2. The summed E-state index contributed by atoms with van der Waals surface area (Å²) in [6.07, 6.45) is 4.13. The van der Waals surface area contributed by atoms with Gasteiger partial charge in [0.15, 0.2) is 5.82 Å². The monoisotopic (exact) mass is 437 g/mol. The predicted octanol–water partition coefficient (Wildman–Crippen LogP) is 2.92. The molecule has 0 radical (unpaired) electrons. The normalized spacial score (nSPS) is 20.3. The molecule has 168 valence electrons. The molecule has 0 bridgehead atoms. The molecular formula is C24H28FN5O2. The van der Waals surface area contributed by atoms with Gasteiger partial charge in [-0.15, -0.1) is 0 Å². The van der Waals surface area contributed by atoms with Gasteiger partial charge in [0.2, 0.25) is 0 Å². The third kappa shape index (κ3) is 3.77. The zero-order valence-corrected chi connectivity index (χ0v) is 18.3. The zero-order chi connectivity index (χ0) is 22.2. The molecule has 0 aliphatic carbocycles. The van der Waals surface area contributed by atoms with E-state index in [0.29, 0.717) is 43.4 Å². The van der Waals surface area contributed by atoms with E-state index in [2.05, 4.69) is 15.0 Å². The Bertz CT molecular complexity index is 1160. The highest BCUT2D eigenvalue weighted by atomic mass is 19.1. The van der Waals surface area contributed by atoms with Crippen LogP contribution in [0, 0.1) is 18.7 Å². The number of halogens is 1. The van der Waals surface area contributed by atoms with Crippen molar-refractivity contribution in [2.24, 2.45) is 16.1 Å². The maximum absolute atomic E-state index is 13.5. The van der Waals surface area contributed by atoms with Crippen LogP contribution < -0.4 is 5.56 Å². The molecule has 3 aliphatic heterocycles. The SMILES string of the molecule is Cc1nc2n(c(=O)c1CCN1CCC(C3=NCc4cc(F)ccc43)CC1)CCC/C2=N\O. The maximum Gasteiger partial charge on any atom is 0.257 e. The van der Waals surface area contributed by atoms with E-state index in [9.17, 15) is 14.4 Å². The van der Waals surface area contributed by atoms with Crippen molar-refractivity contribution in [3.63, 3.8) is 0 Å². The third-order valence-corrected chi connectivity index (χ3v) is 7.06. The summed E-state index contributed by atoms with van der Waals surface area (Å²) in [4.78, 5) is 24.8. The second-order valence-corrected chi connectivity index (χ2v) is 8.98. The lowest BCUT2D eigenvalue weighted by Crippen LogP contribution is -2.39. The number of nitrogens with zero attached hydrogens (tertiary/aromatic N) is 5. The summed E-state index contributed by atoms with van der Waals surface area (Å²) in [5, 5.41) is 12.6. The van der Waals surface area contributed by atoms with Crippen LogP contribution >= 0.6 is 0 Å².